The molecule has 0 radical (unpaired) electrons. The highest BCUT2D eigenvalue weighted by Crippen LogP contribution is 2.42. The fraction of sp³-hybridized carbons (Fsp3) is 0.900. The highest BCUT2D eigenvalue weighted by molar-refractivity contribution is 5.79. The molecule has 2 aliphatic heterocycles. The predicted molar refractivity (Wildman–Crippen MR) is 95.5 cm³/mol. The van der Waals surface area contributed by atoms with Crippen molar-refractivity contribution < 1.29 is 9.59 Å². The second-order valence-electron chi connectivity index (χ2n) is 8.37. The van der Waals surface area contributed by atoms with Crippen LogP contribution >= 0.6 is 0 Å². The van der Waals surface area contributed by atoms with Gasteiger partial charge in [0.2, 0.25) is 11.8 Å². The Morgan fingerprint density at radius 3 is 2.29 bits per heavy atom. The Balaban J connectivity index is 1.54. The van der Waals surface area contributed by atoms with E-state index in [2.05, 4.69) is 23.6 Å². The number of hydrogen-bond acceptors (Lipinski definition) is 2. The van der Waals surface area contributed by atoms with E-state index < -0.39 is 0 Å². The molecule has 2 saturated heterocycles. The lowest BCUT2D eigenvalue weighted by atomic mass is 9.72. The summed E-state index contributed by atoms with van der Waals surface area (Å²) in [5.41, 5.74) is 0.304. The van der Waals surface area contributed by atoms with Gasteiger partial charge in [0.1, 0.15) is 0 Å². The zero-order valence-corrected chi connectivity index (χ0v) is 15.6. The Morgan fingerprint density at radius 2 is 1.71 bits per heavy atom. The average molecular weight is 335 g/mol. The normalized spacial score (nSPS) is 24.5. The van der Waals surface area contributed by atoms with E-state index in [1.165, 1.54) is 12.8 Å². The third kappa shape index (κ3) is 3.94. The maximum absolute atomic E-state index is 12.6. The highest BCUT2D eigenvalue weighted by atomic mass is 16.2. The van der Waals surface area contributed by atoms with Crippen molar-refractivity contribution in [2.75, 3.05) is 26.2 Å². The van der Waals surface area contributed by atoms with Gasteiger partial charge in [-0.3, -0.25) is 9.59 Å². The maximum Gasteiger partial charge on any atom is 0.225 e. The van der Waals surface area contributed by atoms with Crippen molar-refractivity contribution in [2.24, 2.45) is 17.3 Å². The summed E-state index contributed by atoms with van der Waals surface area (Å²) in [7, 11) is 0. The van der Waals surface area contributed by atoms with Gasteiger partial charge in [0.25, 0.3) is 0 Å². The van der Waals surface area contributed by atoms with Gasteiger partial charge < -0.3 is 9.80 Å². The van der Waals surface area contributed by atoms with Gasteiger partial charge in [-0.05, 0) is 62.7 Å². The number of likely N-dealkylation sites (tertiary alicyclic amines) is 2. The first kappa shape index (κ1) is 17.8. The molecular formula is C20H34N2O2. The molecule has 24 heavy (non-hydrogen) atoms. The van der Waals surface area contributed by atoms with Crippen LogP contribution in [-0.2, 0) is 9.59 Å². The van der Waals surface area contributed by atoms with Crippen LogP contribution in [0.5, 0.6) is 0 Å². The van der Waals surface area contributed by atoms with Crippen LogP contribution in [0.4, 0.5) is 0 Å². The molecule has 3 aliphatic rings. The Bertz CT molecular complexity index is 460. The lowest BCUT2D eigenvalue weighted by Gasteiger charge is -2.42. The molecular weight excluding hydrogens is 300 g/mol. The van der Waals surface area contributed by atoms with Crippen molar-refractivity contribution in [3.63, 3.8) is 0 Å². The standard InChI is InChI=1S/C20H34N2O2/c1-3-17(4-2)19(24)21-12-9-20(10-13-21)8-7-18(23)22(14-11-20)15-16-5-6-16/h16-17H,3-15H2,1-2H3. The fourth-order valence-corrected chi connectivity index (χ4v) is 4.55. The summed E-state index contributed by atoms with van der Waals surface area (Å²) in [5.74, 6) is 1.70. The van der Waals surface area contributed by atoms with Crippen LogP contribution in [0, 0.1) is 17.3 Å². The van der Waals surface area contributed by atoms with Gasteiger partial charge in [-0.2, -0.15) is 0 Å². The quantitative estimate of drug-likeness (QED) is 0.772. The number of hydrogen-bond donors (Lipinski definition) is 0. The number of carbonyl (C=O) groups excluding carboxylic acids is 2. The molecule has 0 N–H and O–H groups in total. The summed E-state index contributed by atoms with van der Waals surface area (Å²) in [6.07, 6.45) is 9.56. The molecule has 3 fully saturated rings. The van der Waals surface area contributed by atoms with Gasteiger partial charge in [-0.15, -0.1) is 0 Å². The van der Waals surface area contributed by atoms with Crippen LogP contribution in [0.1, 0.15) is 71.6 Å². The van der Waals surface area contributed by atoms with Crippen LogP contribution in [0.15, 0.2) is 0 Å². The Hall–Kier alpha value is -1.06. The van der Waals surface area contributed by atoms with Crippen molar-refractivity contribution in [3.8, 4) is 0 Å². The third-order valence-corrected chi connectivity index (χ3v) is 6.78. The van der Waals surface area contributed by atoms with E-state index in [1.807, 2.05) is 0 Å². The highest BCUT2D eigenvalue weighted by Gasteiger charge is 2.40. The van der Waals surface area contributed by atoms with E-state index in [0.29, 0.717) is 23.7 Å². The maximum atomic E-state index is 12.6. The SMILES string of the molecule is CCC(CC)C(=O)N1CCC2(CCC(=O)N(CC3CC3)CC2)CC1. The molecule has 4 nitrogen and oxygen atoms in total. The molecule has 0 unspecified atom stereocenters. The van der Waals surface area contributed by atoms with E-state index in [1.54, 1.807) is 0 Å². The first-order valence-corrected chi connectivity index (χ1v) is 10.1. The molecule has 2 amide bonds. The Kier molecular flexibility index (Phi) is 5.51. The molecule has 2 heterocycles. The largest absolute Gasteiger partial charge is 0.342 e. The second kappa shape index (κ2) is 7.45. The van der Waals surface area contributed by atoms with Gasteiger partial charge in [0.15, 0.2) is 0 Å². The van der Waals surface area contributed by atoms with Crippen LogP contribution < -0.4 is 0 Å². The molecule has 1 aliphatic carbocycles. The van der Waals surface area contributed by atoms with Crippen molar-refractivity contribution in [2.45, 2.75) is 71.6 Å². The Morgan fingerprint density at radius 1 is 1.08 bits per heavy atom. The Labute approximate surface area is 146 Å². The number of carbonyl (C=O) groups is 2. The zero-order valence-electron chi connectivity index (χ0n) is 15.6. The minimum atomic E-state index is 0.198. The van der Waals surface area contributed by atoms with Crippen LogP contribution in [0.2, 0.25) is 0 Å². The minimum Gasteiger partial charge on any atom is -0.342 e. The summed E-state index contributed by atoms with van der Waals surface area (Å²) in [6.45, 7) is 7.95. The average Bonchev–Trinajstić information content (AvgIpc) is 3.43. The lowest BCUT2D eigenvalue weighted by Crippen LogP contribution is -2.45. The zero-order chi connectivity index (χ0) is 17.2. The lowest BCUT2D eigenvalue weighted by molar-refractivity contribution is -0.138. The smallest absolute Gasteiger partial charge is 0.225 e. The molecule has 0 aromatic rings. The van der Waals surface area contributed by atoms with Crippen molar-refractivity contribution in [3.05, 3.63) is 0 Å². The van der Waals surface area contributed by atoms with E-state index in [4.69, 9.17) is 0 Å². The van der Waals surface area contributed by atoms with Crippen molar-refractivity contribution in [1.29, 1.82) is 0 Å². The third-order valence-electron chi connectivity index (χ3n) is 6.78. The molecule has 136 valence electrons. The van der Waals surface area contributed by atoms with Gasteiger partial charge in [0.05, 0.1) is 0 Å². The minimum absolute atomic E-state index is 0.198. The van der Waals surface area contributed by atoms with Gasteiger partial charge in [-0.1, -0.05) is 13.8 Å². The van der Waals surface area contributed by atoms with Gasteiger partial charge >= 0.3 is 0 Å². The molecule has 3 rings (SSSR count). The summed E-state index contributed by atoms with van der Waals surface area (Å²) < 4.78 is 0. The van der Waals surface area contributed by atoms with Crippen LogP contribution in [0.3, 0.4) is 0 Å². The molecule has 0 bridgehead atoms. The van der Waals surface area contributed by atoms with Gasteiger partial charge in [0, 0.05) is 38.5 Å². The predicted octanol–water partition coefficient (Wildman–Crippen LogP) is 3.45. The molecule has 1 spiro atoms. The number of amides is 2. The summed E-state index contributed by atoms with van der Waals surface area (Å²) in [4.78, 5) is 29.2. The topological polar surface area (TPSA) is 40.6 Å². The first-order valence-electron chi connectivity index (χ1n) is 10.1. The molecule has 0 aromatic heterocycles. The summed E-state index contributed by atoms with van der Waals surface area (Å²) >= 11 is 0. The molecule has 0 aromatic carbocycles. The first-order chi connectivity index (χ1) is 11.6. The number of nitrogens with zero attached hydrogens (tertiary/aromatic N) is 2. The molecule has 0 atom stereocenters. The van der Waals surface area contributed by atoms with Crippen LogP contribution in [-0.4, -0.2) is 47.8 Å². The van der Waals surface area contributed by atoms with E-state index in [9.17, 15) is 9.59 Å². The van der Waals surface area contributed by atoms with E-state index >= 15 is 0 Å². The van der Waals surface area contributed by atoms with Gasteiger partial charge in [-0.25, -0.2) is 0 Å². The summed E-state index contributed by atoms with van der Waals surface area (Å²) in [6, 6.07) is 0. The number of piperidine rings is 1. The van der Waals surface area contributed by atoms with Crippen molar-refractivity contribution >= 4 is 11.8 Å². The monoisotopic (exact) mass is 334 g/mol. The molecule has 1 saturated carbocycles. The number of rotatable bonds is 5. The van der Waals surface area contributed by atoms with Crippen LogP contribution in [0.25, 0.3) is 0 Å². The molecule has 4 heteroatoms. The van der Waals surface area contributed by atoms with Crippen molar-refractivity contribution in [1.82, 2.24) is 9.80 Å². The fourth-order valence-electron chi connectivity index (χ4n) is 4.55. The van der Waals surface area contributed by atoms with E-state index in [-0.39, 0.29) is 5.92 Å². The van der Waals surface area contributed by atoms with E-state index in [0.717, 1.165) is 70.6 Å². The summed E-state index contributed by atoms with van der Waals surface area (Å²) in [5, 5.41) is 0. The second-order valence-corrected chi connectivity index (χ2v) is 8.37.